The normalized spacial score (nSPS) is 14.6. The molecule has 3 aromatic rings. The molecule has 1 aliphatic heterocycles. The summed E-state index contributed by atoms with van der Waals surface area (Å²) in [5.41, 5.74) is 4.20. The number of hydrogen-bond acceptors (Lipinski definition) is 4. The molecular weight excluding hydrogens is 430 g/mol. The van der Waals surface area contributed by atoms with E-state index < -0.39 is 5.97 Å². The number of esters is 1. The molecule has 0 fully saturated rings. The lowest BCUT2D eigenvalue weighted by molar-refractivity contribution is -0.129. The highest BCUT2D eigenvalue weighted by Gasteiger charge is 2.24. The van der Waals surface area contributed by atoms with Crippen LogP contribution in [0.2, 0.25) is 0 Å². The first-order valence-electron chi connectivity index (χ1n) is 9.14. The van der Waals surface area contributed by atoms with Gasteiger partial charge < -0.3 is 9.47 Å². The molecule has 144 valence electrons. The predicted octanol–water partition coefficient (Wildman–Crippen LogP) is 5.68. The van der Waals surface area contributed by atoms with Gasteiger partial charge in [0.2, 0.25) is 5.90 Å². The second-order valence-electron chi connectivity index (χ2n) is 6.69. The molecule has 0 spiro atoms. The number of aliphatic imine (C=N–C) groups is 1. The van der Waals surface area contributed by atoms with Gasteiger partial charge in [-0.2, -0.15) is 0 Å². The topological polar surface area (TPSA) is 47.9 Å². The average molecular weight is 448 g/mol. The van der Waals surface area contributed by atoms with Gasteiger partial charge in [0.25, 0.3) is 0 Å². The van der Waals surface area contributed by atoms with Crippen molar-refractivity contribution < 1.29 is 14.3 Å². The largest absolute Gasteiger partial charge is 0.489 e. The van der Waals surface area contributed by atoms with Gasteiger partial charge in [0.15, 0.2) is 5.70 Å². The Morgan fingerprint density at radius 1 is 1.03 bits per heavy atom. The Morgan fingerprint density at radius 3 is 2.59 bits per heavy atom. The van der Waals surface area contributed by atoms with E-state index in [1.165, 1.54) is 5.56 Å². The molecule has 0 amide bonds. The monoisotopic (exact) mass is 447 g/mol. The van der Waals surface area contributed by atoms with Crippen LogP contribution in [0.25, 0.3) is 6.08 Å². The second-order valence-corrected chi connectivity index (χ2v) is 7.61. The third-order valence-corrected chi connectivity index (χ3v) is 4.86. The smallest absolute Gasteiger partial charge is 0.363 e. The zero-order valence-electron chi connectivity index (χ0n) is 15.8. The SMILES string of the molecule is Cc1cccc(COc2ccc(/C=C3/N=C(c4cccc(Br)c4)OC3=O)cc2)c1. The van der Waals surface area contributed by atoms with Crippen LogP contribution in [0.5, 0.6) is 5.75 Å². The minimum Gasteiger partial charge on any atom is -0.489 e. The van der Waals surface area contributed by atoms with Crippen molar-refractivity contribution in [1.29, 1.82) is 0 Å². The molecule has 0 atom stereocenters. The van der Waals surface area contributed by atoms with Crippen molar-refractivity contribution in [2.45, 2.75) is 13.5 Å². The van der Waals surface area contributed by atoms with E-state index in [9.17, 15) is 4.79 Å². The summed E-state index contributed by atoms with van der Waals surface area (Å²) < 4.78 is 12.0. The molecule has 0 N–H and O–H groups in total. The predicted molar refractivity (Wildman–Crippen MR) is 117 cm³/mol. The van der Waals surface area contributed by atoms with Crippen LogP contribution in [0.4, 0.5) is 0 Å². The summed E-state index contributed by atoms with van der Waals surface area (Å²) in [4.78, 5) is 16.5. The van der Waals surface area contributed by atoms with Crippen LogP contribution in [-0.2, 0) is 16.1 Å². The van der Waals surface area contributed by atoms with E-state index in [0.29, 0.717) is 12.5 Å². The molecule has 0 radical (unpaired) electrons. The maximum Gasteiger partial charge on any atom is 0.363 e. The van der Waals surface area contributed by atoms with E-state index in [1.54, 1.807) is 6.08 Å². The molecule has 0 unspecified atom stereocenters. The van der Waals surface area contributed by atoms with Crippen LogP contribution in [0.15, 0.2) is 88.0 Å². The summed E-state index contributed by atoms with van der Waals surface area (Å²) in [6.45, 7) is 2.57. The second kappa shape index (κ2) is 8.45. The van der Waals surface area contributed by atoms with Crippen LogP contribution in [0.3, 0.4) is 0 Å². The molecule has 1 heterocycles. The number of rotatable bonds is 5. The van der Waals surface area contributed by atoms with E-state index in [0.717, 1.165) is 26.9 Å². The quantitative estimate of drug-likeness (QED) is 0.373. The van der Waals surface area contributed by atoms with Crippen LogP contribution < -0.4 is 4.74 Å². The first-order valence-corrected chi connectivity index (χ1v) is 9.93. The molecule has 5 heteroatoms. The van der Waals surface area contributed by atoms with Gasteiger partial charge in [-0.3, -0.25) is 0 Å². The maximum atomic E-state index is 12.2. The average Bonchev–Trinajstić information content (AvgIpc) is 3.08. The van der Waals surface area contributed by atoms with Gasteiger partial charge in [-0.15, -0.1) is 0 Å². The summed E-state index contributed by atoms with van der Waals surface area (Å²) in [6, 6.07) is 23.2. The molecule has 0 aliphatic carbocycles. The number of carbonyl (C=O) groups is 1. The van der Waals surface area contributed by atoms with Crippen LogP contribution in [-0.4, -0.2) is 11.9 Å². The fourth-order valence-corrected chi connectivity index (χ4v) is 3.34. The van der Waals surface area contributed by atoms with E-state index in [-0.39, 0.29) is 5.70 Å². The van der Waals surface area contributed by atoms with Crippen molar-refractivity contribution in [3.63, 3.8) is 0 Å². The number of ether oxygens (including phenoxy) is 2. The summed E-state index contributed by atoms with van der Waals surface area (Å²) in [6.07, 6.45) is 1.71. The van der Waals surface area contributed by atoms with Crippen molar-refractivity contribution in [3.05, 3.63) is 105 Å². The molecule has 0 aromatic heterocycles. The van der Waals surface area contributed by atoms with Gasteiger partial charge in [-0.1, -0.05) is 64.0 Å². The number of carbonyl (C=O) groups excluding carboxylic acids is 1. The lowest BCUT2D eigenvalue weighted by Crippen LogP contribution is -2.05. The number of halogens is 1. The molecule has 29 heavy (non-hydrogen) atoms. The molecule has 4 nitrogen and oxygen atoms in total. The number of aryl methyl sites for hydroxylation is 1. The van der Waals surface area contributed by atoms with Crippen molar-refractivity contribution in [3.8, 4) is 5.75 Å². The maximum absolute atomic E-state index is 12.2. The standard InChI is InChI=1S/C24H18BrNO3/c1-16-4-2-5-18(12-16)15-28-21-10-8-17(9-11-21)13-22-24(27)29-23(26-22)19-6-3-7-20(25)14-19/h2-14H,15H2,1H3/b22-13+. The Labute approximate surface area is 177 Å². The fraction of sp³-hybridized carbons (Fsp3) is 0.0833. The minimum absolute atomic E-state index is 0.272. The highest BCUT2D eigenvalue weighted by atomic mass is 79.9. The molecule has 0 saturated heterocycles. The van der Waals surface area contributed by atoms with Gasteiger partial charge in [-0.05, 0) is 54.5 Å². The lowest BCUT2D eigenvalue weighted by atomic mass is 10.1. The fourth-order valence-electron chi connectivity index (χ4n) is 2.94. The molecule has 1 aliphatic rings. The number of hydrogen-bond donors (Lipinski definition) is 0. The van der Waals surface area contributed by atoms with Crippen LogP contribution in [0.1, 0.15) is 22.3 Å². The molecule has 0 saturated carbocycles. The Bertz CT molecular complexity index is 1120. The number of benzene rings is 3. The molecule has 4 rings (SSSR count). The first-order chi connectivity index (χ1) is 14.1. The third-order valence-electron chi connectivity index (χ3n) is 4.36. The van der Waals surface area contributed by atoms with E-state index >= 15 is 0 Å². The Kier molecular flexibility index (Phi) is 5.58. The van der Waals surface area contributed by atoms with Crippen LogP contribution in [0, 0.1) is 6.92 Å². The first kappa shape index (κ1) is 19.2. The highest BCUT2D eigenvalue weighted by Crippen LogP contribution is 2.22. The van der Waals surface area contributed by atoms with Gasteiger partial charge in [-0.25, -0.2) is 9.79 Å². The Hall–Kier alpha value is -3.18. The molecule has 0 bridgehead atoms. The lowest BCUT2D eigenvalue weighted by Gasteiger charge is -2.07. The van der Waals surface area contributed by atoms with Crippen molar-refractivity contribution in [2.75, 3.05) is 0 Å². The van der Waals surface area contributed by atoms with Gasteiger partial charge >= 0.3 is 5.97 Å². The minimum atomic E-state index is -0.459. The van der Waals surface area contributed by atoms with E-state index in [4.69, 9.17) is 9.47 Å². The van der Waals surface area contributed by atoms with E-state index in [2.05, 4.69) is 40.0 Å². The summed E-state index contributed by atoms with van der Waals surface area (Å²) in [5.74, 6) is 0.612. The zero-order valence-corrected chi connectivity index (χ0v) is 17.3. The van der Waals surface area contributed by atoms with Crippen molar-refractivity contribution >= 4 is 33.9 Å². The van der Waals surface area contributed by atoms with E-state index in [1.807, 2.05) is 60.7 Å². The summed E-state index contributed by atoms with van der Waals surface area (Å²) in [5, 5.41) is 0. The zero-order chi connectivity index (χ0) is 20.2. The van der Waals surface area contributed by atoms with Gasteiger partial charge in [0, 0.05) is 10.0 Å². The van der Waals surface area contributed by atoms with Crippen molar-refractivity contribution in [2.24, 2.45) is 4.99 Å². The number of cyclic esters (lactones) is 1. The van der Waals surface area contributed by atoms with Gasteiger partial charge in [0.1, 0.15) is 12.4 Å². The number of nitrogens with zero attached hydrogens (tertiary/aromatic N) is 1. The van der Waals surface area contributed by atoms with Crippen LogP contribution >= 0.6 is 15.9 Å². The summed E-state index contributed by atoms with van der Waals surface area (Å²) >= 11 is 3.41. The molecule has 3 aromatic carbocycles. The third kappa shape index (κ3) is 4.81. The Morgan fingerprint density at radius 2 is 1.83 bits per heavy atom. The molecular formula is C24H18BrNO3. The Balaban J connectivity index is 1.46. The van der Waals surface area contributed by atoms with Crippen molar-refractivity contribution in [1.82, 2.24) is 0 Å². The summed E-state index contributed by atoms with van der Waals surface area (Å²) in [7, 11) is 0. The highest BCUT2D eigenvalue weighted by molar-refractivity contribution is 9.10. The van der Waals surface area contributed by atoms with Gasteiger partial charge in [0.05, 0.1) is 0 Å².